The maximum absolute atomic E-state index is 12.6. The zero-order chi connectivity index (χ0) is 19.1. The summed E-state index contributed by atoms with van der Waals surface area (Å²) in [7, 11) is 0. The van der Waals surface area contributed by atoms with Crippen LogP contribution in [-0.2, 0) is 12.0 Å². The number of nitrogens with zero attached hydrogens (tertiary/aromatic N) is 1. The van der Waals surface area contributed by atoms with Crippen LogP contribution in [0, 0.1) is 6.92 Å². The summed E-state index contributed by atoms with van der Waals surface area (Å²) >= 11 is 0. The number of rotatable bonds is 1. The Balaban J connectivity index is 1.37. The van der Waals surface area contributed by atoms with Crippen molar-refractivity contribution in [1.82, 2.24) is 15.2 Å². The lowest BCUT2D eigenvalue weighted by molar-refractivity contribution is 0.142. The van der Waals surface area contributed by atoms with E-state index in [1.807, 2.05) is 35.2 Å². The van der Waals surface area contributed by atoms with Crippen LogP contribution in [0.2, 0.25) is 0 Å². The second kappa shape index (κ2) is 6.67. The van der Waals surface area contributed by atoms with Crippen molar-refractivity contribution in [3.05, 3.63) is 65.4 Å². The Morgan fingerprint density at radius 3 is 2.68 bits per heavy atom. The predicted octanol–water partition coefficient (Wildman–Crippen LogP) is 4.15. The summed E-state index contributed by atoms with van der Waals surface area (Å²) in [4.78, 5) is 18.3. The van der Waals surface area contributed by atoms with E-state index in [1.54, 1.807) is 0 Å². The van der Waals surface area contributed by atoms with Crippen molar-refractivity contribution in [1.29, 1.82) is 0 Å². The minimum absolute atomic E-state index is 0.00986. The van der Waals surface area contributed by atoms with Crippen molar-refractivity contribution in [2.45, 2.75) is 31.7 Å². The fourth-order valence-corrected chi connectivity index (χ4v) is 4.79. The summed E-state index contributed by atoms with van der Waals surface area (Å²) in [5, 5.41) is 8.16. The monoisotopic (exact) mass is 374 g/mol. The molecule has 144 valence electrons. The molecule has 2 aliphatic rings. The van der Waals surface area contributed by atoms with Gasteiger partial charge in [-0.2, -0.15) is 0 Å². The molecule has 3 heterocycles. The molecular weight excluding hydrogens is 348 g/mol. The van der Waals surface area contributed by atoms with Crippen LogP contribution in [0.4, 0.5) is 10.5 Å². The maximum atomic E-state index is 12.6. The zero-order valence-electron chi connectivity index (χ0n) is 16.2. The van der Waals surface area contributed by atoms with Crippen LogP contribution in [0.15, 0.2) is 48.5 Å². The van der Waals surface area contributed by atoms with Crippen molar-refractivity contribution in [3.63, 3.8) is 0 Å². The Morgan fingerprint density at radius 1 is 1.11 bits per heavy atom. The third-order valence-electron chi connectivity index (χ3n) is 6.31. The maximum Gasteiger partial charge on any atom is 0.321 e. The van der Waals surface area contributed by atoms with Gasteiger partial charge in [-0.25, -0.2) is 4.79 Å². The largest absolute Gasteiger partial charge is 0.357 e. The van der Waals surface area contributed by atoms with Gasteiger partial charge in [0.25, 0.3) is 0 Å². The number of hydrogen-bond donors (Lipinski definition) is 3. The third-order valence-corrected chi connectivity index (χ3v) is 6.31. The number of hydrogen-bond acceptors (Lipinski definition) is 2. The number of para-hydroxylation sites is 1. The smallest absolute Gasteiger partial charge is 0.321 e. The van der Waals surface area contributed by atoms with E-state index in [-0.39, 0.29) is 11.6 Å². The van der Waals surface area contributed by atoms with Crippen molar-refractivity contribution in [2.24, 2.45) is 0 Å². The van der Waals surface area contributed by atoms with Gasteiger partial charge in [0, 0.05) is 41.9 Å². The molecule has 1 saturated heterocycles. The summed E-state index contributed by atoms with van der Waals surface area (Å²) in [5.41, 5.74) is 6.11. The number of benzene rings is 2. The van der Waals surface area contributed by atoms with Crippen LogP contribution in [0.5, 0.6) is 0 Å². The highest BCUT2D eigenvalue weighted by molar-refractivity contribution is 5.89. The quantitative estimate of drug-likeness (QED) is 0.599. The summed E-state index contributed by atoms with van der Waals surface area (Å²) in [5.74, 6) is 0. The van der Waals surface area contributed by atoms with Crippen LogP contribution >= 0.6 is 0 Å². The van der Waals surface area contributed by atoms with Gasteiger partial charge in [-0.1, -0.05) is 29.8 Å². The lowest BCUT2D eigenvalue weighted by Crippen LogP contribution is -2.55. The summed E-state index contributed by atoms with van der Waals surface area (Å²) < 4.78 is 0. The number of urea groups is 1. The normalized spacial score (nSPS) is 18.2. The number of carbonyl (C=O) groups excluding carboxylic acids is 1. The third kappa shape index (κ3) is 2.87. The van der Waals surface area contributed by atoms with Crippen molar-refractivity contribution < 1.29 is 4.79 Å². The molecule has 1 fully saturated rings. The molecule has 0 saturated carbocycles. The van der Waals surface area contributed by atoms with Crippen molar-refractivity contribution in [2.75, 3.05) is 25.0 Å². The molecule has 1 aromatic heterocycles. The van der Waals surface area contributed by atoms with Crippen LogP contribution in [0.3, 0.4) is 0 Å². The number of piperidine rings is 1. The molecule has 3 aromatic rings. The minimum atomic E-state index is -0.0516. The van der Waals surface area contributed by atoms with E-state index < -0.39 is 0 Å². The molecule has 0 atom stereocenters. The lowest BCUT2D eigenvalue weighted by Gasteiger charge is -2.44. The highest BCUT2D eigenvalue weighted by Gasteiger charge is 2.42. The van der Waals surface area contributed by atoms with E-state index in [2.05, 4.69) is 40.7 Å². The SMILES string of the molecule is Cc1ccc2[nH]c3c(c2c1)CCNC31CCN(C(=O)Nc2ccccc2)CC1. The van der Waals surface area contributed by atoms with Gasteiger partial charge >= 0.3 is 6.03 Å². The first-order chi connectivity index (χ1) is 13.6. The first-order valence-electron chi connectivity index (χ1n) is 10.1. The standard InChI is InChI=1S/C23H26N4O/c1-16-7-8-20-19(15-16)18-9-12-24-23(21(18)26-20)10-13-27(14-11-23)22(28)25-17-5-3-2-4-6-17/h2-8,15,24,26H,9-14H2,1H3,(H,25,28). The van der Waals surface area contributed by atoms with E-state index in [0.29, 0.717) is 0 Å². The Bertz CT molecular complexity index is 1020. The molecule has 0 bridgehead atoms. The van der Waals surface area contributed by atoms with E-state index in [4.69, 9.17) is 0 Å². The summed E-state index contributed by atoms with van der Waals surface area (Å²) in [6.07, 6.45) is 2.90. The molecular formula is C23H26N4O. The molecule has 0 aliphatic carbocycles. The number of anilines is 1. The Kier molecular flexibility index (Phi) is 4.13. The summed E-state index contributed by atoms with van der Waals surface area (Å²) in [6, 6.07) is 16.3. The van der Waals surface area contributed by atoms with E-state index in [1.165, 1.54) is 27.7 Å². The van der Waals surface area contributed by atoms with Crippen LogP contribution in [0.1, 0.15) is 29.7 Å². The molecule has 2 aromatic carbocycles. The van der Waals surface area contributed by atoms with Gasteiger partial charge in [0.15, 0.2) is 0 Å². The number of aromatic nitrogens is 1. The molecule has 5 heteroatoms. The van der Waals surface area contributed by atoms with E-state index in [0.717, 1.165) is 44.6 Å². The van der Waals surface area contributed by atoms with Crippen LogP contribution < -0.4 is 10.6 Å². The Labute approximate surface area is 165 Å². The molecule has 0 unspecified atom stereocenters. The molecule has 5 rings (SSSR count). The van der Waals surface area contributed by atoms with Crippen molar-refractivity contribution >= 4 is 22.6 Å². The van der Waals surface area contributed by atoms with Gasteiger partial charge < -0.3 is 20.5 Å². The zero-order valence-corrected chi connectivity index (χ0v) is 16.2. The van der Waals surface area contributed by atoms with Crippen molar-refractivity contribution in [3.8, 4) is 0 Å². The Hall–Kier alpha value is -2.79. The average Bonchev–Trinajstić information content (AvgIpc) is 3.09. The molecule has 1 spiro atoms. The highest BCUT2D eigenvalue weighted by Crippen LogP contribution is 2.40. The average molecular weight is 374 g/mol. The van der Waals surface area contributed by atoms with Crippen LogP contribution in [0.25, 0.3) is 10.9 Å². The van der Waals surface area contributed by atoms with E-state index in [9.17, 15) is 4.79 Å². The van der Waals surface area contributed by atoms with Gasteiger partial charge in [-0.05, 0) is 56.0 Å². The number of carbonyl (C=O) groups is 1. The second-order valence-corrected chi connectivity index (χ2v) is 8.07. The number of aryl methyl sites for hydroxylation is 1. The number of fused-ring (bicyclic) bond motifs is 4. The minimum Gasteiger partial charge on any atom is -0.357 e. The summed E-state index contributed by atoms with van der Waals surface area (Å²) in [6.45, 7) is 4.64. The number of amides is 2. The Morgan fingerprint density at radius 2 is 1.89 bits per heavy atom. The lowest BCUT2D eigenvalue weighted by atomic mass is 9.79. The van der Waals surface area contributed by atoms with E-state index >= 15 is 0 Å². The molecule has 3 N–H and O–H groups in total. The topological polar surface area (TPSA) is 60.2 Å². The molecule has 28 heavy (non-hydrogen) atoms. The molecule has 5 nitrogen and oxygen atoms in total. The first kappa shape index (κ1) is 17.3. The fourth-order valence-electron chi connectivity index (χ4n) is 4.79. The first-order valence-corrected chi connectivity index (χ1v) is 10.1. The van der Waals surface area contributed by atoms with Gasteiger partial charge in [0.1, 0.15) is 0 Å². The van der Waals surface area contributed by atoms with Gasteiger partial charge in [0.05, 0.1) is 5.54 Å². The van der Waals surface area contributed by atoms with Gasteiger partial charge in [-0.3, -0.25) is 0 Å². The molecule has 2 aliphatic heterocycles. The second-order valence-electron chi connectivity index (χ2n) is 8.07. The van der Waals surface area contributed by atoms with Gasteiger partial charge in [-0.15, -0.1) is 0 Å². The number of nitrogens with one attached hydrogen (secondary N) is 3. The highest BCUT2D eigenvalue weighted by atomic mass is 16.2. The fraction of sp³-hybridized carbons (Fsp3) is 0.348. The van der Waals surface area contributed by atoms with Gasteiger partial charge in [0.2, 0.25) is 0 Å². The predicted molar refractivity (Wildman–Crippen MR) is 113 cm³/mol. The number of aromatic amines is 1. The molecule has 0 radical (unpaired) electrons. The van der Waals surface area contributed by atoms with Crippen LogP contribution in [-0.4, -0.2) is 35.5 Å². The molecule has 2 amide bonds. The number of likely N-dealkylation sites (tertiary alicyclic amines) is 1. The number of H-pyrrole nitrogens is 1.